The second-order valence-electron chi connectivity index (χ2n) is 5.05. The normalized spacial score (nSPS) is 12.3. The van der Waals surface area contributed by atoms with Crippen molar-refractivity contribution in [3.05, 3.63) is 70.2 Å². The Labute approximate surface area is 130 Å². The highest BCUT2D eigenvalue weighted by atomic mass is 79.9. The average Bonchev–Trinajstić information content (AvgIpc) is 2.50. The molecule has 106 valence electrons. The number of nitrogens with one attached hydrogen (secondary N) is 1. The fraction of sp³-hybridized carbons (Fsp3) is 0.333. The number of hydrogen-bond donors (Lipinski definition) is 1. The zero-order chi connectivity index (χ0) is 14.2. The fourth-order valence-corrected chi connectivity index (χ4v) is 2.87. The van der Waals surface area contributed by atoms with Crippen LogP contribution in [0, 0.1) is 0 Å². The molecule has 0 bridgehead atoms. The summed E-state index contributed by atoms with van der Waals surface area (Å²) in [7, 11) is 0. The molecular formula is C18H22BrN. The molecule has 0 fully saturated rings. The summed E-state index contributed by atoms with van der Waals surface area (Å²) >= 11 is 3.63. The van der Waals surface area contributed by atoms with Crippen LogP contribution in [0.25, 0.3) is 0 Å². The molecule has 2 heteroatoms. The van der Waals surface area contributed by atoms with Crippen LogP contribution in [0.15, 0.2) is 59.1 Å². The van der Waals surface area contributed by atoms with Crippen LogP contribution in [-0.4, -0.2) is 6.54 Å². The lowest BCUT2D eigenvalue weighted by Crippen LogP contribution is -2.22. The summed E-state index contributed by atoms with van der Waals surface area (Å²) in [5, 5.41) is 3.66. The van der Waals surface area contributed by atoms with Crippen LogP contribution in [0.1, 0.15) is 36.9 Å². The van der Waals surface area contributed by atoms with Crippen LogP contribution < -0.4 is 5.32 Å². The first-order valence-corrected chi connectivity index (χ1v) is 8.12. The molecule has 0 aromatic heterocycles. The number of halogens is 1. The van der Waals surface area contributed by atoms with Gasteiger partial charge in [-0.2, -0.15) is 0 Å². The molecule has 0 aliphatic carbocycles. The quantitative estimate of drug-likeness (QED) is 0.742. The maximum absolute atomic E-state index is 3.66. The summed E-state index contributed by atoms with van der Waals surface area (Å²) in [6.07, 6.45) is 3.36. The van der Waals surface area contributed by atoms with E-state index in [4.69, 9.17) is 0 Å². The Morgan fingerprint density at radius 1 is 1.00 bits per heavy atom. The van der Waals surface area contributed by atoms with E-state index in [0.29, 0.717) is 6.04 Å². The molecule has 20 heavy (non-hydrogen) atoms. The molecule has 0 aliphatic rings. The van der Waals surface area contributed by atoms with Gasteiger partial charge in [0, 0.05) is 10.5 Å². The Kier molecular flexibility index (Phi) is 6.28. The van der Waals surface area contributed by atoms with Crippen molar-refractivity contribution in [2.24, 2.45) is 0 Å². The number of hydrogen-bond acceptors (Lipinski definition) is 1. The van der Waals surface area contributed by atoms with Crippen LogP contribution in [0.4, 0.5) is 0 Å². The van der Waals surface area contributed by atoms with Gasteiger partial charge in [0.15, 0.2) is 0 Å². The lowest BCUT2D eigenvalue weighted by molar-refractivity contribution is 0.499. The molecule has 0 amide bonds. The van der Waals surface area contributed by atoms with Gasteiger partial charge < -0.3 is 5.32 Å². The second-order valence-corrected chi connectivity index (χ2v) is 5.90. The van der Waals surface area contributed by atoms with E-state index in [1.165, 1.54) is 22.0 Å². The van der Waals surface area contributed by atoms with Crippen molar-refractivity contribution in [3.63, 3.8) is 0 Å². The van der Waals surface area contributed by atoms with Crippen molar-refractivity contribution < 1.29 is 0 Å². The Bertz CT molecular complexity index is 510. The van der Waals surface area contributed by atoms with Gasteiger partial charge in [-0.3, -0.25) is 0 Å². The molecular weight excluding hydrogens is 310 g/mol. The van der Waals surface area contributed by atoms with Crippen molar-refractivity contribution >= 4 is 15.9 Å². The van der Waals surface area contributed by atoms with E-state index in [1.807, 2.05) is 0 Å². The molecule has 0 saturated carbocycles. The molecule has 1 N–H and O–H groups in total. The Morgan fingerprint density at radius 2 is 1.70 bits per heavy atom. The van der Waals surface area contributed by atoms with E-state index >= 15 is 0 Å². The van der Waals surface area contributed by atoms with Crippen LogP contribution >= 0.6 is 15.9 Å². The zero-order valence-electron chi connectivity index (χ0n) is 12.0. The summed E-state index contributed by atoms with van der Waals surface area (Å²) in [5.74, 6) is 0. The van der Waals surface area contributed by atoms with E-state index in [9.17, 15) is 0 Å². The number of aryl methyl sites for hydroxylation is 1. The van der Waals surface area contributed by atoms with Gasteiger partial charge >= 0.3 is 0 Å². The van der Waals surface area contributed by atoms with Gasteiger partial charge in [0.1, 0.15) is 0 Å². The van der Waals surface area contributed by atoms with Crippen LogP contribution in [-0.2, 0) is 6.42 Å². The van der Waals surface area contributed by atoms with Gasteiger partial charge in [-0.05, 0) is 43.0 Å². The summed E-state index contributed by atoms with van der Waals surface area (Å²) in [6, 6.07) is 19.7. The highest BCUT2D eigenvalue weighted by Crippen LogP contribution is 2.23. The van der Waals surface area contributed by atoms with Crippen molar-refractivity contribution in [2.75, 3.05) is 6.54 Å². The fourth-order valence-electron chi connectivity index (χ4n) is 2.39. The molecule has 0 saturated heterocycles. The average molecular weight is 332 g/mol. The van der Waals surface area contributed by atoms with Gasteiger partial charge in [-0.25, -0.2) is 0 Å². The Hall–Kier alpha value is -1.12. The molecule has 2 aromatic carbocycles. The maximum Gasteiger partial charge on any atom is 0.0323 e. The van der Waals surface area contributed by atoms with Crippen molar-refractivity contribution in [2.45, 2.75) is 32.2 Å². The first-order valence-electron chi connectivity index (χ1n) is 7.33. The van der Waals surface area contributed by atoms with E-state index in [2.05, 4.69) is 82.8 Å². The Morgan fingerprint density at radius 3 is 2.40 bits per heavy atom. The van der Waals surface area contributed by atoms with Crippen LogP contribution in [0.3, 0.4) is 0 Å². The molecule has 1 unspecified atom stereocenters. The monoisotopic (exact) mass is 331 g/mol. The van der Waals surface area contributed by atoms with E-state index in [0.717, 1.165) is 19.4 Å². The van der Waals surface area contributed by atoms with Crippen LogP contribution in [0.2, 0.25) is 0 Å². The summed E-state index contributed by atoms with van der Waals surface area (Å²) in [5.41, 5.74) is 2.76. The standard InChI is InChI=1S/C18H22BrN/c1-2-14-20-18(16-9-4-3-5-10-16)13-12-15-8-6-7-11-17(15)19/h3-11,18,20H,2,12-14H2,1H3. The van der Waals surface area contributed by atoms with Gasteiger partial charge in [0.05, 0.1) is 0 Å². The van der Waals surface area contributed by atoms with Crippen LogP contribution in [0.5, 0.6) is 0 Å². The van der Waals surface area contributed by atoms with Crippen molar-refractivity contribution in [1.82, 2.24) is 5.32 Å². The number of rotatable bonds is 7. The van der Waals surface area contributed by atoms with E-state index in [-0.39, 0.29) is 0 Å². The molecule has 0 heterocycles. The molecule has 0 spiro atoms. The number of benzene rings is 2. The van der Waals surface area contributed by atoms with Gasteiger partial charge in [-0.15, -0.1) is 0 Å². The molecule has 0 radical (unpaired) electrons. The van der Waals surface area contributed by atoms with Crippen molar-refractivity contribution in [1.29, 1.82) is 0 Å². The largest absolute Gasteiger partial charge is 0.310 e. The molecule has 2 rings (SSSR count). The molecule has 1 nitrogen and oxygen atoms in total. The maximum atomic E-state index is 3.66. The topological polar surface area (TPSA) is 12.0 Å². The third-order valence-corrected chi connectivity index (χ3v) is 4.28. The molecule has 1 atom stereocenters. The van der Waals surface area contributed by atoms with Gasteiger partial charge in [-0.1, -0.05) is 71.4 Å². The highest BCUT2D eigenvalue weighted by molar-refractivity contribution is 9.10. The first-order chi connectivity index (χ1) is 9.81. The summed E-state index contributed by atoms with van der Waals surface area (Å²) in [4.78, 5) is 0. The minimum Gasteiger partial charge on any atom is -0.310 e. The minimum absolute atomic E-state index is 0.434. The predicted octanol–water partition coefficient (Wildman–Crippen LogP) is 5.12. The van der Waals surface area contributed by atoms with E-state index < -0.39 is 0 Å². The van der Waals surface area contributed by atoms with E-state index in [1.54, 1.807) is 0 Å². The molecule has 2 aromatic rings. The third-order valence-electron chi connectivity index (χ3n) is 3.50. The van der Waals surface area contributed by atoms with Gasteiger partial charge in [0.2, 0.25) is 0 Å². The predicted molar refractivity (Wildman–Crippen MR) is 89.9 cm³/mol. The first kappa shape index (κ1) is 15.3. The highest BCUT2D eigenvalue weighted by Gasteiger charge is 2.11. The smallest absolute Gasteiger partial charge is 0.0323 e. The third kappa shape index (κ3) is 4.46. The zero-order valence-corrected chi connectivity index (χ0v) is 13.6. The summed E-state index contributed by atoms with van der Waals surface area (Å²) in [6.45, 7) is 3.28. The van der Waals surface area contributed by atoms with Crippen molar-refractivity contribution in [3.8, 4) is 0 Å². The van der Waals surface area contributed by atoms with Gasteiger partial charge in [0.25, 0.3) is 0 Å². The lowest BCUT2D eigenvalue weighted by atomic mass is 9.99. The minimum atomic E-state index is 0.434. The second kappa shape index (κ2) is 8.23. The lowest BCUT2D eigenvalue weighted by Gasteiger charge is -2.19. The Balaban J connectivity index is 2.03. The SMILES string of the molecule is CCCNC(CCc1ccccc1Br)c1ccccc1. The summed E-state index contributed by atoms with van der Waals surface area (Å²) < 4.78 is 1.21. The molecule has 0 aliphatic heterocycles.